The van der Waals surface area contributed by atoms with E-state index in [9.17, 15) is 4.79 Å². The molecule has 0 saturated heterocycles. The van der Waals surface area contributed by atoms with E-state index >= 15 is 0 Å². The Morgan fingerprint density at radius 1 is 1.58 bits per heavy atom. The maximum Gasteiger partial charge on any atom is 0.327 e. The van der Waals surface area contributed by atoms with Crippen LogP contribution >= 0.6 is 11.6 Å². The van der Waals surface area contributed by atoms with E-state index in [-0.39, 0.29) is 5.69 Å². The molecule has 0 saturated carbocycles. The molecule has 0 aromatic carbocycles. The third-order valence-corrected chi connectivity index (χ3v) is 2.32. The zero-order chi connectivity index (χ0) is 9.14. The van der Waals surface area contributed by atoms with Crippen molar-refractivity contribution in [3.63, 3.8) is 0 Å². The first-order valence-electron chi connectivity index (χ1n) is 3.93. The lowest BCUT2D eigenvalue weighted by Gasteiger charge is -2.06. The van der Waals surface area contributed by atoms with Gasteiger partial charge in [-0.05, 0) is 5.92 Å². The Bertz CT molecular complexity index is 302. The minimum atomic E-state index is 0.0203. The minimum absolute atomic E-state index is 0.0203. The first kappa shape index (κ1) is 9.39. The molecular weight excluding hydrogens is 176 g/mol. The summed E-state index contributed by atoms with van der Waals surface area (Å²) < 4.78 is 3.23. The molecule has 0 aliphatic carbocycles. The standard InChI is InChI=1S/C8H13ClN2O/c1-7(5-9)6-11-4-3-10(2)8(11)12/h3-4,7H,5-6H2,1-2H3. The van der Waals surface area contributed by atoms with Crippen LogP contribution in [0.5, 0.6) is 0 Å². The van der Waals surface area contributed by atoms with E-state index in [1.807, 2.05) is 6.92 Å². The largest absolute Gasteiger partial charge is 0.327 e. The highest BCUT2D eigenvalue weighted by molar-refractivity contribution is 6.18. The summed E-state index contributed by atoms with van der Waals surface area (Å²) in [6, 6.07) is 0. The van der Waals surface area contributed by atoms with Gasteiger partial charge in [0.15, 0.2) is 0 Å². The molecule has 1 aromatic heterocycles. The number of nitrogens with zero attached hydrogens (tertiary/aromatic N) is 2. The molecule has 1 aromatic rings. The molecule has 0 fully saturated rings. The highest BCUT2D eigenvalue weighted by atomic mass is 35.5. The first-order chi connectivity index (χ1) is 5.65. The lowest BCUT2D eigenvalue weighted by Crippen LogP contribution is -2.24. The van der Waals surface area contributed by atoms with Gasteiger partial charge in [-0.25, -0.2) is 4.79 Å². The molecule has 0 aliphatic rings. The van der Waals surface area contributed by atoms with Crippen LogP contribution < -0.4 is 5.69 Å². The third kappa shape index (κ3) is 1.91. The van der Waals surface area contributed by atoms with Gasteiger partial charge in [-0.15, -0.1) is 11.6 Å². The maximum absolute atomic E-state index is 11.3. The predicted molar refractivity (Wildman–Crippen MR) is 49.6 cm³/mol. The molecule has 0 spiro atoms. The van der Waals surface area contributed by atoms with E-state index in [1.165, 1.54) is 0 Å². The molecule has 1 unspecified atom stereocenters. The topological polar surface area (TPSA) is 26.9 Å². The van der Waals surface area contributed by atoms with E-state index in [1.54, 1.807) is 28.6 Å². The first-order valence-corrected chi connectivity index (χ1v) is 4.46. The highest BCUT2D eigenvalue weighted by Gasteiger charge is 2.04. The number of imidazole rings is 1. The van der Waals surface area contributed by atoms with Crippen LogP contribution in [0.1, 0.15) is 6.92 Å². The molecule has 1 heterocycles. The molecule has 68 valence electrons. The molecule has 0 bridgehead atoms. The van der Waals surface area contributed by atoms with E-state index in [2.05, 4.69) is 0 Å². The quantitative estimate of drug-likeness (QED) is 0.652. The third-order valence-electron chi connectivity index (χ3n) is 1.79. The Morgan fingerprint density at radius 3 is 2.67 bits per heavy atom. The lowest BCUT2D eigenvalue weighted by atomic mass is 10.2. The normalized spacial score (nSPS) is 13.2. The van der Waals surface area contributed by atoms with Crippen molar-refractivity contribution in [3.8, 4) is 0 Å². The molecule has 4 heteroatoms. The van der Waals surface area contributed by atoms with Crippen molar-refractivity contribution < 1.29 is 0 Å². The van der Waals surface area contributed by atoms with Crippen LogP contribution in [0.2, 0.25) is 0 Å². The Kier molecular flexibility index (Phi) is 2.98. The Balaban J connectivity index is 2.76. The van der Waals surface area contributed by atoms with E-state index in [0.29, 0.717) is 18.3 Å². The van der Waals surface area contributed by atoms with Crippen molar-refractivity contribution in [3.05, 3.63) is 22.9 Å². The van der Waals surface area contributed by atoms with Gasteiger partial charge >= 0.3 is 5.69 Å². The molecular formula is C8H13ClN2O. The number of alkyl halides is 1. The number of halogens is 1. The fourth-order valence-corrected chi connectivity index (χ4v) is 1.13. The van der Waals surface area contributed by atoms with Gasteiger partial charge in [0, 0.05) is 31.9 Å². The fourth-order valence-electron chi connectivity index (χ4n) is 1.03. The molecule has 3 nitrogen and oxygen atoms in total. The minimum Gasteiger partial charge on any atom is -0.302 e. The Labute approximate surface area is 76.6 Å². The summed E-state index contributed by atoms with van der Waals surface area (Å²) >= 11 is 5.64. The van der Waals surface area contributed by atoms with Gasteiger partial charge in [0.25, 0.3) is 0 Å². The maximum atomic E-state index is 11.3. The van der Waals surface area contributed by atoms with Crippen LogP contribution in [0, 0.1) is 5.92 Å². The predicted octanol–water partition coefficient (Wildman–Crippen LogP) is 1.06. The van der Waals surface area contributed by atoms with Crippen molar-refractivity contribution in [1.82, 2.24) is 9.13 Å². The summed E-state index contributed by atoms with van der Waals surface area (Å²) in [7, 11) is 1.74. The lowest BCUT2D eigenvalue weighted by molar-refractivity contribution is 0.511. The summed E-state index contributed by atoms with van der Waals surface area (Å²) in [4.78, 5) is 11.3. The van der Waals surface area contributed by atoms with Gasteiger partial charge < -0.3 is 4.57 Å². The molecule has 1 rings (SSSR count). The smallest absolute Gasteiger partial charge is 0.302 e. The van der Waals surface area contributed by atoms with Crippen molar-refractivity contribution in [2.45, 2.75) is 13.5 Å². The van der Waals surface area contributed by atoms with Crippen LogP contribution in [-0.2, 0) is 13.6 Å². The second-order valence-electron chi connectivity index (χ2n) is 3.10. The number of hydrogen-bond acceptors (Lipinski definition) is 1. The molecule has 12 heavy (non-hydrogen) atoms. The van der Waals surface area contributed by atoms with Gasteiger partial charge in [-0.3, -0.25) is 4.57 Å². The second kappa shape index (κ2) is 3.81. The SMILES string of the molecule is CC(CCl)Cn1ccn(C)c1=O. The van der Waals surface area contributed by atoms with Gasteiger partial charge in [-0.2, -0.15) is 0 Å². The van der Waals surface area contributed by atoms with E-state index in [0.717, 1.165) is 0 Å². The summed E-state index contributed by atoms with van der Waals surface area (Å²) in [5, 5.41) is 0. The fraction of sp³-hybridized carbons (Fsp3) is 0.625. The Hall–Kier alpha value is -0.700. The molecule has 0 amide bonds. The summed E-state index contributed by atoms with van der Waals surface area (Å²) in [6.07, 6.45) is 3.54. The summed E-state index contributed by atoms with van der Waals surface area (Å²) in [6.45, 7) is 2.72. The summed E-state index contributed by atoms with van der Waals surface area (Å²) in [5.74, 6) is 0.924. The van der Waals surface area contributed by atoms with Gasteiger partial charge in [0.1, 0.15) is 0 Å². The molecule has 0 N–H and O–H groups in total. The van der Waals surface area contributed by atoms with Crippen molar-refractivity contribution in [1.29, 1.82) is 0 Å². The zero-order valence-corrected chi connectivity index (χ0v) is 8.08. The van der Waals surface area contributed by atoms with Crippen LogP contribution in [-0.4, -0.2) is 15.0 Å². The van der Waals surface area contributed by atoms with Gasteiger partial charge in [-0.1, -0.05) is 6.92 Å². The van der Waals surface area contributed by atoms with Crippen LogP contribution in [0.3, 0.4) is 0 Å². The number of aryl methyl sites for hydroxylation is 1. The monoisotopic (exact) mass is 188 g/mol. The second-order valence-corrected chi connectivity index (χ2v) is 3.41. The van der Waals surface area contributed by atoms with Crippen LogP contribution in [0.25, 0.3) is 0 Å². The number of rotatable bonds is 3. The Morgan fingerprint density at radius 2 is 2.25 bits per heavy atom. The van der Waals surface area contributed by atoms with E-state index < -0.39 is 0 Å². The number of hydrogen-bond donors (Lipinski definition) is 0. The highest BCUT2D eigenvalue weighted by Crippen LogP contribution is 2.00. The van der Waals surface area contributed by atoms with Gasteiger partial charge in [0.2, 0.25) is 0 Å². The van der Waals surface area contributed by atoms with E-state index in [4.69, 9.17) is 11.6 Å². The molecule has 1 atom stereocenters. The average Bonchev–Trinajstić information content (AvgIpc) is 2.36. The summed E-state index contributed by atoms with van der Waals surface area (Å²) in [5.41, 5.74) is 0.0203. The van der Waals surface area contributed by atoms with Gasteiger partial charge in [0.05, 0.1) is 0 Å². The van der Waals surface area contributed by atoms with Crippen molar-refractivity contribution in [2.75, 3.05) is 5.88 Å². The van der Waals surface area contributed by atoms with Crippen molar-refractivity contribution in [2.24, 2.45) is 13.0 Å². The zero-order valence-electron chi connectivity index (χ0n) is 7.33. The molecule has 0 radical (unpaired) electrons. The number of aromatic nitrogens is 2. The van der Waals surface area contributed by atoms with Crippen molar-refractivity contribution >= 4 is 11.6 Å². The average molecular weight is 189 g/mol. The van der Waals surface area contributed by atoms with Crippen LogP contribution in [0.15, 0.2) is 17.2 Å². The van der Waals surface area contributed by atoms with Crippen LogP contribution in [0.4, 0.5) is 0 Å². The molecule has 0 aliphatic heterocycles.